The van der Waals surface area contributed by atoms with E-state index in [4.69, 9.17) is 58.0 Å². The number of rotatable bonds is 2. The minimum absolute atomic E-state index is 0.308. The van der Waals surface area contributed by atoms with Crippen molar-refractivity contribution in [1.29, 1.82) is 0 Å². The third-order valence-corrected chi connectivity index (χ3v) is 4.04. The van der Waals surface area contributed by atoms with E-state index in [0.717, 1.165) is 0 Å². The zero-order valence-corrected chi connectivity index (χ0v) is 13.0. The normalized spacial score (nSPS) is 10.6. The minimum atomic E-state index is -0.581. The fraction of sp³-hybridized carbons (Fsp3) is 0. The van der Waals surface area contributed by atoms with Crippen molar-refractivity contribution in [2.24, 2.45) is 0 Å². The maximum absolute atomic E-state index is 11.2. The van der Waals surface area contributed by atoms with Crippen molar-refractivity contribution in [2.45, 2.75) is 0 Å². The Bertz CT molecular complexity index is 666. The summed E-state index contributed by atoms with van der Waals surface area (Å²) in [5.74, 6) is 0. The molecule has 0 aliphatic carbocycles. The quantitative estimate of drug-likeness (QED) is 0.454. The molecular formula is C13H5Cl5O. The lowest BCUT2D eigenvalue weighted by molar-refractivity contribution is 0.108. The summed E-state index contributed by atoms with van der Waals surface area (Å²) in [7, 11) is 0. The summed E-state index contributed by atoms with van der Waals surface area (Å²) in [6.45, 7) is 0. The van der Waals surface area contributed by atoms with E-state index >= 15 is 0 Å². The summed E-state index contributed by atoms with van der Waals surface area (Å²) in [5, 5.41) is 0.877. The molecule has 19 heavy (non-hydrogen) atoms. The second kappa shape index (κ2) is 5.90. The number of halogens is 5. The number of carbonyl (C=O) groups excluding carboxylic acids is 1. The Morgan fingerprint density at radius 2 is 1.53 bits per heavy atom. The summed E-state index contributed by atoms with van der Waals surface area (Å²) in [5.41, 5.74) is 1.40. The van der Waals surface area contributed by atoms with Crippen LogP contribution >= 0.6 is 58.0 Å². The van der Waals surface area contributed by atoms with Crippen molar-refractivity contribution in [3.8, 4) is 11.1 Å². The highest BCUT2D eigenvalue weighted by Gasteiger charge is 2.14. The summed E-state index contributed by atoms with van der Waals surface area (Å²) < 4.78 is 0. The summed E-state index contributed by atoms with van der Waals surface area (Å²) in [4.78, 5) is 11.2. The average molecular weight is 354 g/mol. The Hall–Kier alpha value is -0.440. The smallest absolute Gasteiger partial charge is 0.252 e. The van der Waals surface area contributed by atoms with Crippen molar-refractivity contribution >= 4 is 63.2 Å². The summed E-state index contributed by atoms with van der Waals surface area (Å²) in [6, 6.07) is 7.79. The molecule has 0 bridgehead atoms. The molecule has 0 fully saturated rings. The third-order valence-electron chi connectivity index (χ3n) is 2.48. The van der Waals surface area contributed by atoms with Crippen LogP contribution in [0.2, 0.25) is 20.1 Å². The fourth-order valence-electron chi connectivity index (χ4n) is 1.61. The molecule has 2 aromatic carbocycles. The third kappa shape index (κ3) is 3.18. The molecule has 2 aromatic rings. The molecule has 1 nitrogen and oxygen atoms in total. The van der Waals surface area contributed by atoms with Gasteiger partial charge in [-0.3, -0.25) is 4.79 Å². The van der Waals surface area contributed by atoms with Gasteiger partial charge in [-0.2, -0.15) is 0 Å². The highest BCUT2D eigenvalue weighted by Crippen LogP contribution is 2.39. The Morgan fingerprint density at radius 1 is 0.842 bits per heavy atom. The molecule has 0 amide bonds. The number of hydrogen-bond donors (Lipinski definition) is 0. The van der Waals surface area contributed by atoms with Crippen LogP contribution in [0.25, 0.3) is 11.1 Å². The number of hydrogen-bond acceptors (Lipinski definition) is 1. The van der Waals surface area contributed by atoms with Gasteiger partial charge in [-0.25, -0.2) is 0 Å². The van der Waals surface area contributed by atoms with Gasteiger partial charge in [0, 0.05) is 26.7 Å². The number of carbonyl (C=O) groups is 1. The Balaban J connectivity index is 2.71. The minimum Gasteiger partial charge on any atom is -0.276 e. The number of benzene rings is 2. The maximum Gasteiger partial charge on any atom is 0.252 e. The van der Waals surface area contributed by atoms with Crippen LogP contribution in [0.15, 0.2) is 30.3 Å². The molecule has 0 heterocycles. The van der Waals surface area contributed by atoms with Crippen LogP contribution in [0.3, 0.4) is 0 Å². The van der Waals surface area contributed by atoms with E-state index in [-0.39, 0.29) is 0 Å². The van der Waals surface area contributed by atoms with Crippen LogP contribution in [0.1, 0.15) is 10.4 Å². The maximum atomic E-state index is 11.2. The lowest BCUT2D eigenvalue weighted by atomic mass is 10.0. The molecule has 0 radical (unpaired) electrons. The van der Waals surface area contributed by atoms with Crippen molar-refractivity contribution in [3.63, 3.8) is 0 Å². The zero-order valence-electron chi connectivity index (χ0n) is 9.18. The van der Waals surface area contributed by atoms with Gasteiger partial charge in [0.2, 0.25) is 0 Å². The molecule has 98 valence electrons. The Kier molecular flexibility index (Phi) is 4.65. The van der Waals surface area contributed by atoms with Gasteiger partial charge >= 0.3 is 0 Å². The van der Waals surface area contributed by atoms with Crippen LogP contribution in [0.4, 0.5) is 0 Å². The monoisotopic (exact) mass is 352 g/mol. The first-order valence-electron chi connectivity index (χ1n) is 5.04. The fourth-order valence-corrected chi connectivity index (χ4v) is 2.65. The lowest BCUT2D eigenvalue weighted by Gasteiger charge is -2.10. The van der Waals surface area contributed by atoms with Crippen LogP contribution in [-0.4, -0.2) is 5.24 Å². The molecular weight excluding hydrogens is 349 g/mol. The van der Waals surface area contributed by atoms with E-state index in [1.54, 1.807) is 18.2 Å². The highest BCUT2D eigenvalue weighted by atomic mass is 35.5. The molecule has 2 rings (SSSR count). The van der Waals surface area contributed by atoms with E-state index in [1.165, 1.54) is 12.1 Å². The standard InChI is InChI=1S/C13H5Cl5O/c14-7-4-9(12(17)11(16)5-7)8-3-6(13(18)19)1-2-10(8)15/h1-5H. The molecule has 0 saturated heterocycles. The zero-order chi connectivity index (χ0) is 14.2. The van der Waals surface area contributed by atoms with E-state index in [2.05, 4.69) is 0 Å². The van der Waals surface area contributed by atoms with Crippen molar-refractivity contribution in [2.75, 3.05) is 0 Å². The van der Waals surface area contributed by atoms with Crippen LogP contribution < -0.4 is 0 Å². The largest absolute Gasteiger partial charge is 0.276 e. The molecule has 6 heteroatoms. The van der Waals surface area contributed by atoms with Gasteiger partial charge < -0.3 is 0 Å². The first-order chi connectivity index (χ1) is 8.90. The van der Waals surface area contributed by atoms with Gasteiger partial charge in [0.05, 0.1) is 10.0 Å². The molecule has 0 spiro atoms. The van der Waals surface area contributed by atoms with E-state index < -0.39 is 5.24 Å². The van der Waals surface area contributed by atoms with Gasteiger partial charge in [-0.05, 0) is 41.9 Å². The first-order valence-corrected chi connectivity index (χ1v) is 6.93. The highest BCUT2D eigenvalue weighted by molar-refractivity contribution is 6.67. The second-order valence-electron chi connectivity index (χ2n) is 3.72. The van der Waals surface area contributed by atoms with Crippen molar-refractivity contribution in [1.82, 2.24) is 0 Å². The molecule has 0 aliphatic rings. The summed E-state index contributed by atoms with van der Waals surface area (Å²) >= 11 is 29.6. The molecule has 0 aromatic heterocycles. The van der Waals surface area contributed by atoms with Gasteiger partial charge in [0.25, 0.3) is 5.24 Å². The van der Waals surface area contributed by atoms with Gasteiger partial charge in [0.15, 0.2) is 0 Å². The van der Waals surface area contributed by atoms with Gasteiger partial charge in [-0.1, -0.05) is 46.4 Å². The second-order valence-corrected chi connectivity index (χ2v) is 5.69. The van der Waals surface area contributed by atoms with Gasteiger partial charge in [-0.15, -0.1) is 0 Å². The molecule has 0 unspecified atom stereocenters. The predicted molar refractivity (Wildman–Crippen MR) is 82.1 cm³/mol. The van der Waals surface area contributed by atoms with Crippen LogP contribution in [-0.2, 0) is 0 Å². The lowest BCUT2D eigenvalue weighted by Crippen LogP contribution is -1.91. The SMILES string of the molecule is O=C(Cl)c1ccc(Cl)c(-c2cc(Cl)cc(Cl)c2Cl)c1. The molecule has 0 atom stereocenters. The van der Waals surface area contributed by atoms with Crippen molar-refractivity contribution < 1.29 is 4.79 Å². The predicted octanol–water partition coefficient (Wildman–Crippen LogP) is 6.35. The molecule has 0 N–H and O–H groups in total. The average Bonchev–Trinajstić information content (AvgIpc) is 2.34. The Labute approximate surface area is 135 Å². The van der Waals surface area contributed by atoms with E-state index in [1.807, 2.05) is 0 Å². The van der Waals surface area contributed by atoms with E-state index in [9.17, 15) is 4.79 Å². The molecule has 0 aliphatic heterocycles. The summed E-state index contributed by atoms with van der Waals surface area (Å²) in [6.07, 6.45) is 0. The van der Waals surface area contributed by atoms with E-state index in [0.29, 0.717) is 36.8 Å². The van der Waals surface area contributed by atoms with Crippen molar-refractivity contribution in [3.05, 3.63) is 56.0 Å². The first kappa shape index (κ1) is 15.0. The topological polar surface area (TPSA) is 17.1 Å². The van der Waals surface area contributed by atoms with Crippen LogP contribution in [0.5, 0.6) is 0 Å². The van der Waals surface area contributed by atoms with Gasteiger partial charge in [0.1, 0.15) is 0 Å². The molecule has 0 saturated carbocycles. The Morgan fingerprint density at radius 3 is 2.16 bits per heavy atom. The van der Waals surface area contributed by atoms with Crippen LogP contribution in [0, 0.1) is 0 Å².